The van der Waals surface area contributed by atoms with Crippen molar-refractivity contribution in [1.82, 2.24) is 9.38 Å². The van der Waals surface area contributed by atoms with E-state index in [2.05, 4.69) is 15.6 Å². The molecule has 3 heterocycles. The van der Waals surface area contributed by atoms with Gasteiger partial charge >= 0.3 is 0 Å². The second-order valence-corrected chi connectivity index (χ2v) is 5.16. The van der Waals surface area contributed by atoms with E-state index in [9.17, 15) is 0 Å². The summed E-state index contributed by atoms with van der Waals surface area (Å²) in [7, 11) is 1.70. The Morgan fingerprint density at radius 1 is 1.56 bits per heavy atom. The summed E-state index contributed by atoms with van der Waals surface area (Å²) in [6.07, 6.45) is 5.22. The van der Waals surface area contributed by atoms with Crippen molar-refractivity contribution in [2.24, 2.45) is 0 Å². The smallest absolute Gasteiger partial charge is 0.144 e. The van der Waals surface area contributed by atoms with Crippen molar-refractivity contribution in [3.8, 4) is 5.75 Å². The third-order valence-corrected chi connectivity index (χ3v) is 4.24. The van der Waals surface area contributed by atoms with E-state index in [1.54, 1.807) is 7.11 Å². The Morgan fingerprint density at radius 2 is 2.50 bits per heavy atom. The van der Waals surface area contributed by atoms with E-state index in [1.165, 1.54) is 23.8 Å². The van der Waals surface area contributed by atoms with E-state index in [4.69, 9.17) is 4.74 Å². The van der Waals surface area contributed by atoms with Gasteiger partial charge in [-0.05, 0) is 24.3 Å². The van der Waals surface area contributed by atoms with Gasteiger partial charge in [0.2, 0.25) is 0 Å². The molecule has 0 bridgehead atoms. The molecule has 4 heteroatoms. The van der Waals surface area contributed by atoms with Gasteiger partial charge in [-0.1, -0.05) is 0 Å². The quantitative estimate of drug-likeness (QED) is 0.799. The number of thioether (sulfide) groups is 1. The van der Waals surface area contributed by atoms with Gasteiger partial charge in [-0.15, -0.1) is 0 Å². The Hall–Kier alpha value is -1.16. The predicted octanol–water partition coefficient (Wildman–Crippen LogP) is 2.56. The topological polar surface area (TPSA) is 26.5 Å². The van der Waals surface area contributed by atoms with Crippen molar-refractivity contribution in [2.45, 2.75) is 12.3 Å². The first-order valence-electron chi connectivity index (χ1n) is 5.48. The normalized spacial score (nSPS) is 20.4. The molecule has 2 aromatic rings. The molecule has 1 saturated heterocycles. The van der Waals surface area contributed by atoms with E-state index < -0.39 is 0 Å². The monoisotopic (exact) mass is 234 g/mol. The van der Waals surface area contributed by atoms with E-state index >= 15 is 0 Å². The van der Waals surface area contributed by atoms with Crippen molar-refractivity contribution in [1.29, 1.82) is 0 Å². The molecule has 3 rings (SSSR count). The van der Waals surface area contributed by atoms with Crippen LogP contribution in [0.25, 0.3) is 5.52 Å². The van der Waals surface area contributed by atoms with Gasteiger partial charge < -0.3 is 9.14 Å². The van der Waals surface area contributed by atoms with Crippen molar-refractivity contribution in [2.75, 3.05) is 18.6 Å². The molecule has 1 unspecified atom stereocenters. The van der Waals surface area contributed by atoms with Gasteiger partial charge in [0.1, 0.15) is 17.1 Å². The molecule has 2 aromatic heterocycles. The third kappa shape index (κ3) is 1.48. The van der Waals surface area contributed by atoms with Crippen molar-refractivity contribution in [3.05, 3.63) is 30.4 Å². The van der Waals surface area contributed by atoms with Crippen molar-refractivity contribution >= 4 is 17.3 Å². The molecule has 84 valence electrons. The minimum Gasteiger partial charge on any atom is -0.494 e. The highest BCUT2D eigenvalue weighted by Crippen LogP contribution is 2.33. The van der Waals surface area contributed by atoms with Crippen LogP contribution in [0.3, 0.4) is 0 Å². The molecule has 1 atom stereocenters. The van der Waals surface area contributed by atoms with E-state index in [1.807, 2.05) is 30.1 Å². The molecule has 0 N–H and O–H groups in total. The number of ether oxygens (including phenoxy) is 1. The largest absolute Gasteiger partial charge is 0.494 e. The summed E-state index contributed by atoms with van der Waals surface area (Å²) in [5, 5.41) is 0. The van der Waals surface area contributed by atoms with Crippen LogP contribution in [0, 0.1) is 0 Å². The summed E-state index contributed by atoms with van der Waals surface area (Å²) in [6.45, 7) is 0. The fourth-order valence-electron chi connectivity index (χ4n) is 2.23. The fourth-order valence-corrected chi connectivity index (χ4v) is 3.45. The van der Waals surface area contributed by atoms with Crippen LogP contribution in [-0.4, -0.2) is 28.0 Å². The lowest BCUT2D eigenvalue weighted by Crippen LogP contribution is -2.03. The number of rotatable bonds is 2. The van der Waals surface area contributed by atoms with Crippen LogP contribution < -0.4 is 4.74 Å². The van der Waals surface area contributed by atoms with E-state index in [0.29, 0.717) is 5.92 Å². The van der Waals surface area contributed by atoms with E-state index in [-0.39, 0.29) is 0 Å². The van der Waals surface area contributed by atoms with Gasteiger partial charge in [-0.2, -0.15) is 11.8 Å². The molecule has 1 aliphatic rings. The van der Waals surface area contributed by atoms with Crippen LogP contribution in [0.1, 0.15) is 18.2 Å². The van der Waals surface area contributed by atoms with Crippen LogP contribution in [0.15, 0.2) is 24.5 Å². The van der Waals surface area contributed by atoms with Gasteiger partial charge in [0, 0.05) is 17.9 Å². The molecular formula is C12H14N2OS. The maximum absolute atomic E-state index is 5.34. The Labute approximate surface area is 98.8 Å². The first-order chi connectivity index (χ1) is 7.90. The van der Waals surface area contributed by atoms with Crippen LogP contribution in [-0.2, 0) is 0 Å². The number of nitrogens with zero attached hydrogens (tertiary/aromatic N) is 2. The second-order valence-electron chi connectivity index (χ2n) is 4.01. The maximum atomic E-state index is 5.34. The van der Waals surface area contributed by atoms with Crippen molar-refractivity contribution < 1.29 is 4.74 Å². The molecule has 0 radical (unpaired) electrons. The number of methoxy groups -OCH3 is 1. The first-order valence-corrected chi connectivity index (χ1v) is 6.63. The van der Waals surface area contributed by atoms with Crippen LogP contribution >= 0.6 is 11.8 Å². The molecule has 0 spiro atoms. The summed E-state index contributed by atoms with van der Waals surface area (Å²) < 4.78 is 7.50. The van der Waals surface area contributed by atoms with Gasteiger partial charge in [0.05, 0.1) is 13.3 Å². The SMILES string of the molecule is COc1cccn2c(C3CCSC3)ncc12. The number of aromatic nitrogens is 2. The molecule has 0 saturated carbocycles. The number of hydrogen-bond acceptors (Lipinski definition) is 3. The molecule has 3 nitrogen and oxygen atoms in total. The summed E-state index contributed by atoms with van der Waals surface area (Å²) in [4.78, 5) is 4.56. The first kappa shape index (κ1) is 10.0. The lowest BCUT2D eigenvalue weighted by Gasteiger charge is -2.08. The Kier molecular flexibility index (Phi) is 2.52. The number of pyridine rings is 1. The highest BCUT2D eigenvalue weighted by molar-refractivity contribution is 7.99. The standard InChI is InChI=1S/C12H14N2OS/c1-15-11-3-2-5-14-10(11)7-13-12(14)9-4-6-16-8-9/h2-3,5,7,9H,4,6,8H2,1H3. The summed E-state index contributed by atoms with van der Waals surface area (Å²) in [5.74, 6) is 5.12. The highest BCUT2D eigenvalue weighted by Gasteiger charge is 2.22. The van der Waals surface area contributed by atoms with Crippen molar-refractivity contribution in [3.63, 3.8) is 0 Å². The predicted molar refractivity (Wildman–Crippen MR) is 66.4 cm³/mol. The number of imidazole rings is 1. The Bertz CT molecular complexity index is 503. The van der Waals surface area contributed by atoms with Crippen LogP contribution in [0.4, 0.5) is 0 Å². The molecule has 0 amide bonds. The molecular weight excluding hydrogens is 220 g/mol. The Balaban J connectivity index is 2.12. The summed E-state index contributed by atoms with van der Waals surface area (Å²) in [5.41, 5.74) is 1.07. The molecule has 1 aliphatic heterocycles. The lowest BCUT2D eigenvalue weighted by atomic mass is 10.1. The zero-order chi connectivity index (χ0) is 11.0. The summed E-state index contributed by atoms with van der Waals surface area (Å²) >= 11 is 2.01. The zero-order valence-electron chi connectivity index (χ0n) is 9.22. The Morgan fingerprint density at radius 3 is 3.25 bits per heavy atom. The number of hydrogen-bond donors (Lipinski definition) is 0. The molecule has 0 aliphatic carbocycles. The maximum Gasteiger partial charge on any atom is 0.144 e. The van der Waals surface area contributed by atoms with E-state index in [0.717, 1.165) is 11.3 Å². The third-order valence-electron chi connectivity index (χ3n) is 3.08. The van der Waals surface area contributed by atoms with Crippen LogP contribution in [0.2, 0.25) is 0 Å². The van der Waals surface area contributed by atoms with Gasteiger partial charge in [0.25, 0.3) is 0 Å². The minimum atomic E-state index is 0.597. The average Bonchev–Trinajstić information content (AvgIpc) is 2.96. The second kappa shape index (κ2) is 4.01. The van der Waals surface area contributed by atoms with Gasteiger partial charge in [0.15, 0.2) is 0 Å². The molecule has 16 heavy (non-hydrogen) atoms. The summed E-state index contributed by atoms with van der Waals surface area (Å²) in [6, 6.07) is 3.99. The molecule has 1 fully saturated rings. The fraction of sp³-hybridized carbons (Fsp3) is 0.417. The number of fused-ring (bicyclic) bond motifs is 1. The van der Waals surface area contributed by atoms with Gasteiger partial charge in [-0.3, -0.25) is 0 Å². The molecule has 0 aromatic carbocycles. The minimum absolute atomic E-state index is 0.597. The average molecular weight is 234 g/mol. The lowest BCUT2D eigenvalue weighted by molar-refractivity contribution is 0.417. The van der Waals surface area contributed by atoms with Gasteiger partial charge in [-0.25, -0.2) is 4.98 Å². The highest BCUT2D eigenvalue weighted by atomic mass is 32.2. The zero-order valence-corrected chi connectivity index (χ0v) is 10.0. The van der Waals surface area contributed by atoms with Crippen LogP contribution in [0.5, 0.6) is 5.75 Å².